The second-order valence-corrected chi connectivity index (χ2v) is 7.15. The molecule has 25 heavy (non-hydrogen) atoms. The minimum Gasteiger partial charge on any atom is -0.352 e. The van der Waals surface area contributed by atoms with E-state index in [2.05, 4.69) is 14.9 Å². The number of amides is 1. The molecule has 1 aromatic carbocycles. The van der Waals surface area contributed by atoms with E-state index in [1.54, 1.807) is 11.0 Å². The standard InChI is InChI=1S/C15H16FN5O3S/c16-12-1-3-13(4-2-12)25(23,24)19-14-5-6-15(18-17-14)21-9-7-20(11-22)8-10-21/h1-6,11H,7-10H2,(H,17,19). The highest BCUT2D eigenvalue weighted by molar-refractivity contribution is 7.92. The Balaban J connectivity index is 1.68. The van der Waals surface area contributed by atoms with Crippen molar-refractivity contribution in [2.24, 2.45) is 0 Å². The third-order valence-electron chi connectivity index (χ3n) is 3.80. The molecule has 0 atom stereocenters. The van der Waals surface area contributed by atoms with E-state index in [1.165, 1.54) is 18.2 Å². The van der Waals surface area contributed by atoms with Gasteiger partial charge in [-0.15, -0.1) is 10.2 Å². The molecular formula is C15H16FN5O3S. The number of aromatic nitrogens is 2. The quantitative estimate of drug-likeness (QED) is 0.784. The van der Waals surface area contributed by atoms with Gasteiger partial charge in [-0.25, -0.2) is 12.8 Å². The first-order valence-electron chi connectivity index (χ1n) is 7.54. The first-order valence-corrected chi connectivity index (χ1v) is 9.03. The Kier molecular flexibility index (Phi) is 4.79. The van der Waals surface area contributed by atoms with Crippen LogP contribution in [-0.4, -0.2) is 56.1 Å². The molecule has 1 N–H and O–H groups in total. The van der Waals surface area contributed by atoms with E-state index >= 15 is 0 Å². The highest BCUT2D eigenvalue weighted by Gasteiger charge is 2.18. The monoisotopic (exact) mass is 365 g/mol. The van der Waals surface area contributed by atoms with Gasteiger partial charge in [0.1, 0.15) is 5.82 Å². The second kappa shape index (κ2) is 7.01. The smallest absolute Gasteiger partial charge is 0.263 e. The molecular weight excluding hydrogens is 349 g/mol. The molecule has 8 nitrogen and oxygen atoms in total. The molecule has 1 fully saturated rings. The molecule has 1 aliphatic rings. The highest BCUT2D eigenvalue weighted by Crippen LogP contribution is 2.17. The minimum atomic E-state index is -3.86. The number of rotatable bonds is 5. The van der Waals surface area contributed by atoms with Crippen molar-refractivity contribution >= 4 is 28.1 Å². The first kappa shape index (κ1) is 17.1. The number of nitrogens with one attached hydrogen (secondary N) is 1. The number of sulfonamides is 1. The summed E-state index contributed by atoms with van der Waals surface area (Å²) in [7, 11) is -3.86. The van der Waals surface area contributed by atoms with E-state index in [9.17, 15) is 17.6 Å². The van der Waals surface area contributed by atoms with Crippen molar-refractivity contribution in [3.63, 3.8) is 0 Å². The number of hydrogen-bond donors (Lipinski definition) is 1. The summed E-state index contributed by atoms with van der Waals surface area (Å²) in [5.41, 5.74) is 0. The number of anilines is 2. The number of halogens is 1. The number of hydrogen-bond acceptors (Lipinski definition) is 6. The molecule has 10 heteroatoms. The lowest BCUT2D eigenvalue weighted by Gasteiger charge is -2.32. The summed E-state index contributed by atoms with van der Waals surface area (Å²) in [5, 5.41) is 7.91. The fourth-order valence-electron chi connectivity index (χ4n) is 2.42. The van der Waals surface area contributed by atoms with Crippen LogP contribution < -0.4 is 9.62 Å². The summed E-state index contributed by atoms with van der Waals surface area (Å²) in [6.45, 7) is 2.47. The van der Waals surface area contributed by atoms with Crippen LogP contribution in [0.3, 0.4) is 0 Å². The average Bonchev–Trinajstić information content (AvgIpc) is 2.62. The van der Waals surface area contributed by atoms with Crippen molar-refractivity contribution < 1.29 is 17.6 Å². The molecule has 2 heterocycles. The average molecular weight is 365 g/mol. The van der Waals surface area contributed by atoms with Gasteiger partial charge in [0.25, 0.3) is 10.0 Å². The summed E-state index contributed by atoms with van der Waals surface area (Å²) >= 11 is 0. The van der Waals surface area contributed by atoms with Crippen LogP contribution >= 0.6 is 0 Å². The van der Waals surface area contributed by atoms with Crippen molar-refractivity contribution in [1.29, 1.82) is 0 Å². The molecule has 3 rings (SSSR count). The van der Waals surface area contributed by atoms with Crippen molar-refractivity contribution in [1.82, 2.24) is 15.1 Å². The number of carbonyl (C=O) groups is 1. The summed E-state index contributed by atoms with van der Waals surface area (Å²) in [6.07, 6.45) is 0.816. The van der Waals surface area contributed by atoms with E-state index < -0.39 is 15.8 Å². The van der Waals surface area contributed by atoms with E-state index in [0.29, 0.717) is 32.0 Å². The fraction of sp³-hybridized carbons (Fsp3) is 0.267. The molecule has 1 amide bonds. The Morgan fingerprint density at radius 2 is 1.68 bits per heavy atom. The van der Waals surface area contributed by atoms with Gasteiger partial charge in [0.15, 0.2) is 11.6 Å². The van der Waals surface area contributed by atoms with Crippen LogP contribution in [0.1, 0.15) is 0 Å². The Hall–Kier alpha value is -2.75. The van der Waals surface area contributed by atoms with E-state index in [4.69, 9.17) is 0 Å². The van der Waals surface area contributed by atoms with Crippen molar-refractivity contribution in [3.05, 3.63) is 42.2 Å². The van der Waals surface area contributed by atoms with Gasteiger partial charge in [-0.1, -0.05) is 0 Å². The predicted molar refractivity (Wildman–Crippen MR) is 89.1 cm³/mol. The normalized spacial score (nSPS) is 15.1. The molecule has 0 unspecified atom stereocenters. The molecule has 1 aromatic heterocycles. The third kappa shape index (κ3) is 4.02. The van der Waals surface area contributed by atoms with Crippen LogP contribution in [0, 0.1) is 5.82 Å². The Labute approximate surface area is 144 Å². The number of carbonyl (C=O) groups excluding carboxylic acids is 1. The molecule has 132 valence electrons. The van der Waals surface area contributed by atoms with Crippen LogP contribution in [0.25, 0.3) is 0 Å². The van der Waals surface area contributed by atoms with Crippen LogP contribution in [0.5, 0.6) is 0 Å². The summed E-state index contributed by atoms with van der Waals surface area (Å²) in [5.74, 6) is 0.160. The van der Waals surface area contributed by atoms with Gasteiger partial charge in [0.2, 0.25) is 6.41 Å². The zero-order valence-electron chi connectivity index (χ0n) is 13.2. The molecule has 0 saturated carbocycles. The van der Waals surface area contributed by atoms with Crippen LogP contribution in [0.4, 0.5) is 16.0 Å². The first-order chi connectivity index (χ1) is 12.0. The van der Waals surface area contributed by atoms with Crippen LogP contribution in [0.2, 0.25) is 0 Å². The van der Waals surface area contributed by atoms with Crippen LogP contribution in [0.15, 0.2) is 41.3 Å². The van der Waals surface area contributed by atoms with Gasteiger partial charge in [-0.3, -0.25) is 9.52 Å². The Morgan fingerprint density at radius 1 is 1.00 bits per heavy atom. The lowest BCUT2D eigenvalue weighted by Crippen LogP contribution is -2.46. The zero-order valence-corrected chi connectivity index (χ0v) is 14.0. The molecule has 0 bridgehead atoms. The highest BCUT2D eigenvalue weighted by atomic mass is 32.2. The lowest BCUT2D eigenvalue weighted by molar-refractivity contribution is -0.118. The van der Waals surface area contributed by atoms with E-state index in [1.807, 2.05) is 4.90 Å². The molecule has 1 saturated heterocycles. The van der Waals surface area contributed by atoms with Gasteiger partial charge in [-0.05, 0) is 36.4 Å². The van der Waals surface area contributed by atoms with E-state index in [0.717, 1.165) is 18.5 Å². The van der Waals surface area contributed by atoms with Crippen LogP contribution in [-0.2, 0) is 14.8 Å². The number of piperazine rings is 1. The van der Waals surface area contributed by atoms with Gasteiger partial charge in [0, 0.05) is 26.2 Å². The topological polar surface area (TPSA) is 95.5 Å². The molecule has 0 aliphatic carbocycles. The number of nitrogens with zero attached hydrogens (tertiary/aromatic N) is 4. The van der Waals surface area contributed by atoms with Crippen molar-refractivity contribution in [2.75, 3.05) is 35.8 Å². The number of benzene rings is 1. The van der Waals surface area contributed by atoms with Gasteiger partial charge in [0.05, 0.1) is 4.90 Å². The lowest BCUT2D eigenvalue weighted by atomic mass is 10.3. The minimum absolute atomic E-state index is 0.0650. The SMILES string of the molecule is O=CN1CCN(c2ccc(NS(=O)(=O)c3ccc(F)cc3)nn2)CC1. The maximum atomic E-state index is 12.9. The summed E-state index contributed by atoms with van der Waals surface area (Å²) in [6, 6.07) is 7.66. The molecule has 1 aliphatic heterocycles. The second-order valence-electron chi connectivity index (χ2n) is 5.46. The fourth-order valence-corrected chi connectivity index (χ4v) is 3.41. The van der Waals surface area contributed by atoms with Gasteiger partial charge >= 0.3 is 0 Å². The largest absolute Gasteiger partial charge is 0.352 e. The van der Waals surface area contributed by atoms with Crippen molar-refractivity contribution in [3.8, 4) is 0 Å². The molecule has 0 spiro atoms. The third-order valence-corrected chi connectivity index (χ3v) is 5.17. The van der Waals surface area contributed by atoms with Gasteiger partial charge in [-0.2, -0.15) is 0 Å². The summed E-state index contributed by atoms with van der Waals surface area (Å²) < 4.78 is 39.6. The predicted octanol–water partition coefficient (Wildman–Crippen LogP) is 0.695. The van der Waals surface area contributed by atoms with Crippen molar-refractivity contribution in [2.45, 2.75) is 4.90 Å². The Bertz CT molecular complexity index is 834. The molecule has 2 aromatic rings. The van der Waals surface area contributed by atoms with E-state index in [-0.39, 0.29) is 10.7 Å². The Morgan fingerprint density at radius 3 is 2.24 bits per heavy atom. The van der Waals surface area contributed by atoms with Gasteiger partial charge < -0.3 is 9.80 Å². The zero-order chi connectivity index (χ0) is 17.9. The molecule has 0 radical (unpaired) electrons. The summed E-state index contributed by atoms with van der Waals surface area (Å²) in [4.78, 5) is 14.3. The maximum absolute atomic E-state index is 12.9. The maximum Gasteiger partial charge on any atom is 0.263 e.